The Labute approximate surface area is 82.6 Å². The van der Waals surface area contributed by atoms with Crippen LogP contribution < -0.4 is 5.32 Å². The molecule has 2 N–H and O–H groups in total. The van der Waals surface area contributed by atoms with Crippen molar-refractivity contribution in [1.82, 2.24) is 5.32 Å². The average Bonchev–Trinajstić information content (AvgIpc) is 2.16. The van der Waals surface area contributed by atoms with E-state index in [1.807, 2.05) is 0 Å². The second-order valence-corrected chi connectivity index (χ2v) is 4.32. The monoisotopic (exact) mass is 201 g/mol. The summed E-state index contributed by atoms with van der Waals surface area (Å²) in [6, 6.07) is 0. The molecule has 1 heterocycles. The van der Waals surface area contributed by atoms with Crippen molar-refractivity contribution in [1.29, 1.82) is 0 Å². The molecule has 3 nitrogen and oxygen atoms in total. The normalized spacial score (nSPS) is 28.3. The van der Waals surface area contributed by atoms with E-state index in [1.54, 1.807) is 17.8 Å². The molecule has 1 unspecified atom stereocenters. The Balaban J connectivity index is 2.61. The summed E-state index contributed by atoms with van der Waals surface area (Å²) in [7, 11) is 0. The lowest BCUT2D eigenvalue weighted by Gasteiger charge is -2.33. The average molecular weight is 201 g/mol. The van der Waals surface area contributed by atoms with E-state index in [9.17, 15) is 4.79 Å². The molecule has 1 fully saturated rings. The Hall–Kier alpha value is -0.480. The minimum Gasteiger partial charge on any atom is -0.480 e. The summed E-state index contributed by atoms with van der Waals surface area (Å²) in [4.78, 5) is 11.1. The van der Waals surface area contributed by atoms with Gasteiger partial charge in [0.2, 0.25) is 0 Å². The van der Waals surface area contributed by atoms with E-state index in [0.29, 0.717) is 12.3 Å². The smallest absolute Gasteiger partial charge is 0.324 e. The summed E-state index contributed by atoms with van der Waals surface area (Å²) >= 11 is 1.70. The highest BCUT2D eigenvalue weighted by Gasteiger charge is 2.39. The van der Waals surface area contributed by atoms with Gasteiger partial charge in [0.1, 0.15) is 5.54 Å². The lowest BCUT2D eigenvalue weighted by Crippen LogP contribution is -2.55. The first-order valence-corrected chi connectivity index (χ1v) is 5.54. The van der Waals surface area contributed by atoms with Crippen molar-refractivity contribution in [3.63, 3.8) is 0 Å². The van der Waals surface area contributed by atoms with Gasteiger partial charge in [0, 0.05) is 12.3 Å². The summed E-state index contributed by atoms with van der Waals surface area (Å²) in [5.74, 6) is 1.00. The van der Waals surface area contributed by atoms with Crippen molar-refractivity contribution in [2.45, 2.75) is 18.4 Å². The molecule has 0 aliphatic carbocycles. The molecule has 1 aliphatic rings. The largest absolute Gasteiger partial charge is 0.480 e. The number of rotatable bonds is 4. The highest BCUT2D eigenvalue weighted by Crippen LogP contribution is 2.26. The van der Waals surface area contributed by atoms with Crippen LogP contribution in [0.3, 0.4) is 0 Å². The number of nitrogens with one attached hydrogen (secondary N) is 1. The Bertz CT molecular complexity index is 200. The zero-order chi connectivity index (χ0) is 9.73. The molecule has 1 atom stereocenters. The molecular formula is C9H15NO2S. The predicted octanol–water partition coefficient (Wildman–Crippen LogP) is 1.11. The number of hydrogen-bond acceptors (Lipinski definition) is 3. The highest BCUT2D eigenvalue weighted by atomic mass is 32.2. The van der Waals surface area contributed by atoms with Gasteiger partial charge in [-0.3, -0.25) is 10.1 Å². The molecule has 74 valence electrons. The lowest BCUT2D eigenvalue weighted by atomic mass is 9.95. The molecule has 0 saturated carbocycles. The molecule has 4 heteroatoms. The summed E-state index contributed by atoms with van der Waals surface area (Å²) in [6.07, 6.45) is 3.40. The molecule has 0 aromatic carbocycles. The summed E-state index contributed by atoms with van der Waals surface area (Å²) in [5.41, 5.74) is -0.711. The predicted molar refractivity (Wildman–Crippen MR) is 55.1 cm³/mol. The molecule has 13 heavy (non-hydrogen) atoms. The molecule has 0 aromatic rings. The van der Waals surface area contributed by atoms with Crippen LogP contribution in [-0.2, 0) is 4.79 Å². The van der Waals surface area contributed by atoms with Gasteiger partial charge in [0.25, 0.3) is 0 Å². The fraction of sp³-hybridized carbons (Fsp3) is 0.667. The molecule has 1 rings (SSSR count). The second kappa shape index (κ2) is 4.67. The molecule has 0 spiro atoms. The van der Waals surface area contributed by atoms with Crippen LogP contribution in [0.15, 0.2) is 12.7 Å². The number of aliphatic carboxylic acids is 1. The van der Waals surface area contributed by atoms with E-state index in [2.05, 4.69) is 11.9 Å². The van der Waals surface area contributed by atoms with Crippen LogP contribution in [0.25, 0.3) is 0 Å². The summed E-state index contributed by atoms with van der Waals surface area (Å²) in [5, 5.41) is 12.2. The molecular weight excluding hydrogens is 186 g/mol. The molecule has 1 saturated heterocycles. The second-order valence-electron chi connectivity index (χ2n) is 3.21. The summed E-state index contributed by atoms with van der Waals surface area (Å²) < 4.78 is 0. The van der Waals surface area contributed by atoms with Crippen LogP contribution in [0.4, 0.5) is 0 Å². The summed E-state index contributed by atoms with van der Waals surface area (Å²) in [6.45, 7) is 4.14. The zero-order valence-electron chi connectivity index (χ0n) is 7.58. The van der Waals surface area contributed by atoms with Gasteiger partial charge in [0.05, 0.1) is 0 Å². The van der Waals surface area contributed by atoms with Crippen molar-refractivity contribution in [3.05, 3.63) is 12.7 Å². The van der Waals surface area contributed by atoms with Crippen LogP contribution >= 0.6 is 11.8 Å². The van der Waals surface area contributed by atoms with E-state index in [4.69, 9.17) is 5.11 Å². The third-order valence-electron chi connectivity index (χ3n) is 2.23. The van der Waals surface area contributed by atoms with Crippen molar-refractivity contribution < 1.29 is 9.90 Å². The third-order valence-corrected chi connectivity index (χ3v) is 3.51. The quantitative estimate of drug-likeness (QED) is 0.669. The van der Waals surface area contributed by atoms with Gasteiger partial charge in [-0.25, -0.2) is 0 Å². The maximum atomic E-state index is 11.1. The Morgan fingerprint density at radius 1 is 1.77 bits per heavy atom. The highest BCUT2D eigenvalue weighted by molar-refractivity contribution is 7.99. The van der Waals surface area contributed by atoms with E-state index >= 15 is 0 Å². The van der Waals surface area contributed by atoms with Crippen LogP contribution in [0.1, 0.15) is 12.8 Å². The number of hydrogen-bond donors (Lipinski definition) is 2. The van der Waals surface area contributed by atoms with Crippen molar-refractivity contribution in [3.8, 4) is 0 Å². The van der Waals surface area contributed by atoms with Crippen LogP contribution in [0, 0.1) is 0 Å². The van der Waals surface area contributed by atoms with Gasteiger partial charge < -0.3 is 5.11 Å². The first-order valence-electron chi connectivity index (χ1n) is 4.38. The molecule has 0 radical (unpaired) electrons. The first-order chi connectivity index (χ1) is 6.21. The van der Waals surface area contributed by atoms with Crippen molar-refractivity contribution in [2.75, 3.05) is 18.1 Å². The van der Waals surface area contributed by atoms with Gasteiger partial charge in [-0.2, -0.15) is 11.8 Å². The lowest BCUT2D eigenvalue weighted by molar-refractivity contribution is -0.144. The van der Waals surface area contributed by atoms with Crippen LogP contribution in [0.5, 0.6) is 0 Å². The third kappa shape index (κ3) is 2.48. The molecule has 0 amide bonds. The number of thioether (sulfide) groups is 1. The van der Waals surface area contributed by atoms with Gasteiger partial charge in [-0.15, -0.1) is 6.58 Å². The van der Waals surface area contributed by atoms with Crippen molar-refractivity contribution in [2.24, 2.45) is 0 Å². The minimum absolute atomic E-state index is 0.562. The Morgan fingerprint density at radius 2 is 2.54 bits per heavy atom. The maximum Gasteiger partial charge on any atom is 0.324 e. The van der Waals surface area contributed by atoms with E-state index in [0.717, 1.165) is 18.6 Å². The van der Waals surface area contributed by atoms with Gasteiger partial charge in [0.15, 0.2) is 0 Å². The number of carboxylic acids is 1. The molecule has 0 bridgehead atoms. The van der Waals surface area contributed by atoms with Crippen LogP contribution in [-0.4, -0.2) is 34.7 Å². The number of carboxylic acid groups (broad SMARTS) is 1. The maximum absolute atomic E-state index is 11.1. The van der Waals surface area contributed by atoms with E-state index < -0.39 is 11.5 Å². The first kappa shape index (κ1) is 10.6. The minimum atomic E-state index is -0.735. The van der Waals surface area contributed by atoms with Gasteiger partial charge in [-0.05, 0) is 18.6 Å². The van der Waals surface area contributed by atoms with Gasteiger partial charge >= 0.3 is 5.97 Å². The number of carbonyl (C=O) groups is 1. The fourth-order valence-corrected chi connectivity index (χ4v) is 2.66. The molecule has 0 aromatic heterocycles. The van der Waals surface area contributed by atoms with Crippen LogP contribution in [0.2, 0.25) is 0 Å². The van der Waals surface area contributed by atoms with E-state index in [1.165, 1.54) is 0 Å². The Kier molecular flexibility index (Phi) is 3.81. The van der Waals surface area contributed by atoms with Gasteiger partial charge in [-0.1, -0.05) is 6.08 Å². The van der Waals surface area contributed by atoms with E-state index in [-0.39, 0.29) is 0 Å². The standard InChI is InChI=1S/C9H15NO2S/c1-2-5-10-9(8(11)12)4-3-6-13-7-9/h2,10H,1,3-7H2,(H,11,12). The fourth-order valence-electron chi connectivity index (χ4n) is 1.45. The zero-order valence-corrected chi connectivity index (χ0v) is 8.40. The Morgan fingerprint density at radius 3 is 3.00 bits per heavy atom. The topological polar surface area (TPSA) is 49.3 Å². The van der Waals surface area contributed by atoms with Crippen molar-refractivity contribution >= 4 is 17.7 Å². The molecule has 1 aliphatic heterocycles. The SMILES string of the molecule is C=CCNC1(C(=O)O)CCCSC1.